The second kappa shape index (κ2) is 40.1. The van der Waals surface area contributed by atoms with Gasteiger partial charge in [0.1, 0.15) is 126 Å². The molecule has 6 aliphatic heterocycles. The standard InChI is InChI=1S/C33H36ClFN6O5.C31H30ClFN6O4.C29H29ClFN5O3.C6H6O3/c1-17(2)25-27(18(3)11-12-36-25)41-30-23-28(24(34)26(37-30)22-20(35)9-8-10-21(22)44-7)45-16-19-15-39(32(43)46-33(4,5)6)13-14-40(19)29(23)38-31(41)42;1-6-21(40)37-12-13-38-18(14-37)15-43-28-23-29(38)36-31(41)39(27-17(4)10-11-34-25(27)16(2)3)30(23)35-26(24(28)32)22-19(33)8-7-9-20(22)42-5;1-15(2)23-25(16(3)11-12-32-23)36-28-21-26(22(30)24(33-28)20-18(31)9-7-10-19(20)38-4)39-14-17-8-5-6-13-35(17)27(21)34-29(36)37;1-3-5(7)9-6(8)4-2/h8-12,17,19H,13-16H2,1-7H3;6-11,16,18H,1,12-15H2,2-5H3;7,9-12,15,17H,5-6,8,13-14H2,1-4H3;3-4H,1-2H2/t19-;18-;17-;/m111./s1. The second-order valence-corrected chi connectivity index (χ2v) is 36.2. The highest BCUT2D eigenvalue weighted by molar-refractivity contribution is 6.37. The molecule has 6 aliphatic rings. The third-order valence-corrected chi connectivity index (χ3v) is 25.2. The molecular weight excluding hydrogens is 1830 g/mol. The van der Waals surface area contributed by atoms with Gasteiger partial charge in [-0.05, 0) is 156 Å². The van der Waals surface area contributed by atoms with Crippen LogP contribution in [-0.2, 0) is 23.9 Å². The molecule has 3 fully saturated rings. The van der Waals surface area contributed by atoms with E-state index in [4.69, 9.17) is 82.9 Å². The van der Waals surface area contributed by atoms with Crippen LogP contribution in [0.2, 0.25) is 15.1 Å². The number of rotatable bonds is 15. The van der Waals surface area contributed by atoms with E-state index < -0.39 is 64.2 Å². The minimum absolute atomic E-state index is 0.0119. The molecule has 18 rings (SSSR count). The first-order chi connectivity index (χ1) is 65.5. The molecule has 0 unspecified atom stereocenters. The van der Waals surface area contributed by atoms with E-state index in [1.54, 1.807) is 52.7 Å². The summed E-state index contributed by atoms with van der Waals surface area (Å²) in [6, 6.07) is 18.1. The van der Waals surface area contributed by atoms with Crippen molar-refractivity contribution in [2.45, 2.75) is 144 Å². The Balaban J connectivity index is 0.000000149. The fourth-order valence-electron chi connectivity index (χ4n) is 17.8. The molecule has 0 spiro atoms. The summed E-state index contributed by atoms with van der Waals surface area (Å²) in [5, 5.41) is 1.57. The first-order valence-electron chi connectivity index (χ1n) is 44.4. The first-order valence-corrected chi connectivity index (χ1v) is 45.5. The fourth-order valence-corrected chi connectivity index (χ4v) is 18.6. The van der Waals surface area contributed by atoms with Crippen LogP contribution in [0.15, 0.2) is 144 Å². The van der Waals surface area contributed by atoms with Crippen molar-refractivity contribution in [1.82, 2.24) is 68.4 Å². The van der Waals surface area contributed by atoms with Crippen molar-refractivity contribution in [3.63, 3.8) is 0 Å². The summed E-state index contributed by atoms with van der Waals surface area (Å²) in [7, 11) is 4.32. The van der Waals surface area contributed by atoms with Crippen LogP contribution < -0.4 is 60.2 Å². The van der Waals surface area contributed by atoms with E-state index in [2.05, 4.69) is 59.3 Å². The molecule has 2 amide bonds. The van der Waals surface area contributed by atoms with E-state index in [9.17, 15) is 33.6 Å². The Kier molecular flexibility index (Phi) is 28.5. The van der Waals surface area contributed by atoms with Gasteiger partial charge >= 0.3 is 35.1 Å². The summed E-state index contributed by atoms with van der Waals surface area (Å²) in [6.45, 7) is 36.2. The van der Waals surface area contributed by atoms with E-state index in [0.717, 1.165) is 60.3 Å². The van der Waals surface area contributed by atoms with Gasteiger partial charge < -0.3 is 62.4 Å². The third kappa shape index (κ3) is 18.6. The third-order valence-electron chi connectivity index (χ3n) is 24.1. The number of esters is 2. The molecule has 12 aromatic rings. The highest BCUT2D eigenvalue weighted by atomic mass is 35.5. The lowest BCUT2D eigenvalue weighted by atomic mass is 10.0. The topological polar surface area (TPSA) is 340 Å². The van der Waals surface area contributed by atoms with Crippen LogP contribution in [-0.4, -0.2) is 203 Å². The van der Waals surface area contributed by atoms with Crippen molar-refractivity contribution in [3.8, 4) is 85.3 Å². The maximum absolute atomic E-state index is 15.6. The van der Waals surface area contributed by atoms with E-state index >= 15 is 13.2 Å². The molecule has 0 bridgehead atoms. The first kappa shape index (κ1) is 97.5. The van der Waals surface area contributed by atoms with E-state index in [1.165, 1.54) is 71.4 Å². The Hall–Kier alpha value is -14.1. The Morgan fingerprint density at radius 1 is 0.460 bits per heavy atom. The number of piperazine rings is 2. The molecule has 0 aliphatic carbocycles. The highest BCUT2D eigenvalue weighted by Crippen LogP contribution is 2.53. The summed E-state index contributed by atoms with van der Waals surface area (Å²) >= 11 is 21.1. The lowest BCUT2D eigenvalue weighted by Gasteiger charge is -2.41. The molecule has 0 N–H and O–H groups in total. The van der Waals surface area contributed by atoms with Crippen LogP contribution in [0.1, 0.15) is 133 Å². The molecule has 3 atom stereocenters. The number of anilines is 3. The summed E-state index contributed by atoms with van der Waals surface area (Å²) in [5.74, 6) is -0.953. The molecular formula is C99H101Cl3F3N17O15. The number of aryl methyl sites for hydroxylation is 3. The zero-order chi connectivity index (χ0) is 98.4. The van der Waals surface area contributed by atoms with Crippen molar-refractivity contribution >= 4 is 109 Å². The maximum Gasteiger partial charge on any atom is 0.410 e. The molecule has 137 heavy (non-hydrogen) atoms. The van der Waals surface area contributed by atoms with Crippen molar-refractivity contribution in [1.29, 1.82) is 0 Å². The number of pyridine rings is 6. The van der Waals surface area contributed by atoms with E-state index in [0.29, 0.717) is 107 Å². The average Bonchev–Trinajstić information content (AvgIpc) is 1.70. The summed E-state index contributed by atoms with van der Waals surface area (Å²) in [6.07, 6.45) is 10.7. The maximum atomic E-state index is 15.6. The molecule has 3 saturated heterocycles. The van der Waals surface area contributed by atoms with Gasteiger partial charge in [-0.15, -0.1) is 0 Å². The van der Waals surface area contributed by atoms with Gasteiger partial charge in [0.05, 0.1) is 90.3 Å². The predicted molar refractivity (Wildman–Crippen MR) is 516 cm³/mol. The molecule has 32 nitrogen and oxygen atoms in total. The number of ether oxygens (including phenoxy) is 8. The Morgan fingerprint density at radius 3 is 1.12 bits per heavy atom. The summed E-state index contributed by atoms with van der Waals surface area (Å²) in [5.41, 5.74) is 4.85. The van der Waals surface area contributed by atoms with Gasteiger partial charge in [-0.25, -0.2) is 70.6 Å². The largest absolute Gasteiger partial charge is 0.496 e. The zero-order valence-corrected chi connectivity index (χ0v) is 80.4. The lowest BCUT2D eigenvalue weighted by Crippen LogP contribution is -2.57. The number of carbonyl (C=O) groups is 4. The molecule has 3 aromatic carbocycles. The van der Waals surface area contributed by atoms with Crippen molar-refractivity contribution < 1.29 is 70.2 Å². The zero-order valence-electron chi connectivity index (χ0n) is 78.2. The number of halogens is 6. The molecule has 38 heteroatoms. The number of piperidine rings is 1. The van der Waals surface area contributed by atoms with Crippen LogP contribution >= 0.6 is 34.8 Å². The number of nitrogens with zero attached hydrogens (tertiary/aromatic N) is 17. The minimum atomic E-state index is -0.764. The summed E-state index contributed by atoms with van der Waals surface area (Å²) in [4.78, 5) is 140. The number of benzene rings is 3. The number of fused-ring (bicyclic) bond motifs is 6. The van der Waals surface area contributed by atoms with Crippen LogP contribution in [0.3, 0.4) is 0 Å². The van der Waals surface area contributed by atoms with Gasteiger partial charge in [0, 0.05) is 76.6 Å². The monoisotopic (exact) mass is 1930 g/mol. The number of methoxy groups -OCH3 is 3. The number of hydrogen-bond acceptors (Lipinski definition) is 27. The average molecular weight is 1930 g/mol. The van der Waals surface area contributed by atoms with Gasteiger partial charge in [-0.1, -0.05) is 114 Å². The smallest absolute Gasteiger partial charge is 0.410 e. The predicted octanol–water partition coefficient (Wildman–Crippen LogP) is 16.8. The van der Waals surface area contributed by atoms with Crippen molar-refractivity contribution in [2.24, 2.45) is 0 Å². The van der Waals surface area contributed by atoms with Crippen LogP contribution in [0.5, 0.6) is 34.5 Å². The quantitative estimate of drug-likeness (QED) is 0.0522. The minimum Gasteiger partial charge on any atom is -0.496 e. The van der Waals surface area contributed by atoms with Gasteiger partial charge in [-0.3, -0.25) is 19.7 Å². The fraction of sp³-hybridized carbons (Fsp3) is 0.354. The molecule has 714 valence electrons. The highest BCUT2D eigenvalue weighted by Gasteiger charge is 2.43. The molecule has 15 heterocycles. The van der Waals surface area contributed by atoms with Gasteiger partial charge in [0.25, 0.3) is 0 Å². The SMILES string of the molecule is C=CC(=O)N1CCN2c3nc(=O)n(-c4c(C)ccnc4C(C)C)c4nc(-c5c(F)cccc5OC)c(Cl)c(c34)OC[C@H]2C1.C=CC(=O)OC(=O)C=C.COc1cccc(F)c1-c1nc2c3c(nc(=O)n2-c2c(C)ccnc2C(C)C)N2CCCC[C@@H]2COc3c1Cl.COc1cccc(F)c1-c1nc2c3c(nc(=O)n2-c2c(C)ccnc2C(C)C)N2CCN(C(=O)OC(C)(C)C)C[C@@H]2COc3c1Cl. The lowest BCUT2D eigenvalue weighted by molar-refractivity contribution is -0.152. The molecule has 9 aromatic heterocycles. The Labute approximate surface area is 801 Å². The van der Waals surface area contributed by atoms with Crippen LogP contribution in [0.25, 0.3) is 83.9 Å². The van der Waals surface area contributed by atoms with Crippen LogP contribution in [0, 0.1) is 38.2 Å². The van der Waals surface area contributed by atoms with E-state index in [1.807, 2.05) is 111 Å². The number of hydrogen-bond donors (Lipinski definition) is 0. The van der Waals surface area contributed by atoms with Gasteiger partial charge in [0.2, 0.25) is 5.91 Å². The number of amides is 2. The number of aromatic nitrogens is 12. The Bertz CT molecular complexity index is 7070. The number of carbonyl (C=O) groups excluding carboxylic acids is 4. The van der Waals surface area contributed by atoms with Gasteiger partial charge in [0.15, 0.2) is 34.2 Å². The Morgan fingerprint density at radius 2 is 0.796 bits per heavy atom. The van der Waals surface area contributed by atoms with E-state index in [-0.39, 0.29) is 150 Å². The van der Waals surface area contributed by atoms with Crippen molar-refractivity contribution in [2.75, 3.05) is 102 Å². The van der Waals surface area contributed by atoms with Crippen molar-refractivity contribution in [3.05, 3.63) is 227 Å². The van der Waals surface area contributed by atoms with Crippen LogP contribution in [0.4, 0.5) is 35.4 Å². The molecule has 0 saturated carbocycles. The molecule has 0 radical (unpaired) electrons. The summed E-state index contributed by atoms with van der Waals surface area (Å²) < 4.78 is 96.1. The second-order valence-electron chi connectivity index (χ2n) is 35.1. The normalized spacial score (nSPS) is 15.8. The van der Waals surface area contributed by atoms with Gasteiger partial charge in [-0.2, -0.15) is 15.0 Å².